The van der Waals surface area contributed by atoms with Crippen LogP contribution in [0.4, 0.5) is 0 Å². The molecule has 1 amide bonds. The van der Waals surface area contributed by atoms with Gasteiger partial charge in [-0.1, -0.05) is 0 Å². The Hall–Kier alpha value is -1.78. The van der Waals surface area contributed by atoms with Gasteiger partial charge in [-0.15, -0.1) is 0 Å². The fourth-order valence-corrected chi connectivity index (χ4v) is 0.980. The summed E-state index contributed by atoms with van der Waals surface area (Å²) in [6, 6.07) is 1.76. The first-order valence-electron chi connectivity index (χ1n) is 3.09. The second-order valence-corrected chi connectivity index (χ2v) is 2.16. The summed E-state index contributed by atoms with van der Waals surface area (Å²) in [6.45, 7) is 0. The van der Waals surface area contributed by atoms with Crippen LogP contribution in [-0.2, 0) is 0 Å². The van der Waals surface area contributed by atoms with Crippen LogP contribution < -0.4 is 5.73 Å². The molecule has 0 atom stereocenters. The Morgan fingerprint density at radius 3 is 3.27 bits per heavy atom. The van der Waals surface area contributed by atoms with Crippen LogP contribution in [0.2, 0.25) is 0 Å². The van der Waals surface area contributed by atoms with Crippen LogP contribution in [-0.4, -0.2) is 20.5 Å². The van der Waals surface area contributed by atoms with Crippen LogP contribution in [0.3, 0.4) is 0 Å². The lowest BCUT2D eigenvalue weighted by Crippen LogP contribution is -2.13. The average Bonchev–Trinajstić information content (AvgIpc) is 2.41. The summed E-state index contributed by atoms with van der Waals surface area (Å²) in [6.07, 6.45) is 3.13. The lowest BCUT2D eigenvalue weighted by atomic mass is 10.5. The molecular formula is C6H6N4O. The topological polar surface area (TPSA) is 76.2 Å². The quantitative estimate of drug-likeness (QED) is 0.588. The molecule has 0 aromatic carbocycles. The van der Waals surface area contributed by atoms with Gasteiger partial charge in [0.15, 0.2) is 5.65 Å². The lowest BCUT2D eigenvalue weighted by molar-refractivity contribution is 0.0993. The number of amides is 1. The van der Waals surface area contributed by atoms with Crippen LogP contribution in [0, 0.1) is 0 Å². The maximum Gasteiger partial charge on any atom is 0.268 e. The predicted molar refractivity (Wildman–Crippen MR) is 38.1 cm³/mol. The molecule has 0 fully saturated rings. The van der Waals surface area contributed by atoms with Crippen molar-refractivity contribution in [2.75, 3.05) is 0 Å². The molecule has 2 rings (SSSR count). The van der Waals surface area contributed by atoms with Gasteiger partial charge in [0, 0.05) is 12.3 Å². The number of fused-ring (bicyclic) bond motifs is 1. The van der Waals surface area contributed by atoms with E-state index in [1.165, 1.54) is 10.7 Å². The van der Waals surface area contributed by atoms with Gasteiger partial charge < -0.3 is 5.73 Å². The maximum atomic E-state index is 10.7. The third-order valence-corrected chi connectivity index (χ3v) is 1.48. The maximum absolute atomic E-state index is 10.7. The number of carbonyl (C=O) groups is 1. The van der Waals surface area contributed by atoms with Gasteiger partial charge in [-0.2, -0.15) is 0 Å². The van der Waals surface area contributed by atoms with Crippen molar-refractivity contribution >= 4 is 11.6 Å². The zero-order valence-corrected chi connectivity index (χ0v) is 5.61. The molecule has 3 N–H and O–H groups in total. The molecule has 0 aliphatic rings. The summed E-state index contributed by atoms with van der Waals surface area (Å²) in [7, 11) is 0. The summed E-state index contributed by atoms with van der Waals surface area (Å²) >= 11 is 0. The predicted octanol–water partition coefficient (Wildman–Crippen LogP) is -0.239. The van der Waals surface area contributed by atoms with E-state index in [-0.39, 0.29) is 0 Å². The van der Waals surface area contributed by atoms with Crippen molar-refractivity contribution in [3.8, 4) is 0 Å². The number of H-pyrrole nitrogens is 1. The Morgan fingerprint density at radius 2 is 2.55 bits per heavy atom. The number of nitrogens with two attached hydrogens (primary N) is 1. The van der Waals surface area contributed by atoms with Gasteiger partial charge in [-0.3, -0.25) is 9.89 Å². The fourth-order valence-electron chi connectivity index (χ4n) is 0.980. The van der Waals surface area contributed by atoms with E-state index in [1.54, 1.807) is 12.3 Å². The van der Waals surface area contributed by atoms with Gasteiger partial charge in [-0.25, -0.2) is 9.50 Å². The highest BCUT2D eigenvalue weighted by molar-refractivity contribution is 5.91. The van der Waals surface area contributed by atoms with Crippen LogP contribution in [0.15, 0.2) is 18.5 Å². The molecule has 0 aliphatic carbocycles. The molecule has 0 unspecified atom stereocenters. The zero-order chi connectivity index (χ0) is 7.84. The fraction of sp³-hybridized carbons (Fsp3) is 0. The molecule has 0 saturated carbocycles. The smallest absolute Gasteiger partial charge is 0.268 e. The van der Waals surface area contributed by atoms with Gasteiger partial charge in [0.2, 0.25) is 0 Å². The van der Waals surface area contributed by atoms with Crippen LogP contribution in [0.5, 0.6) is 0 Å². The summed E-state index contributed by atoms with van der Waals surface area (Å²) in [5.41, 5.74) is 6.12. The highest BCUT2D eigenvalue weighted by atomic mass is 16.1. The Kier molecular flexibility index (Phi) is 1.00. The molecule has 0 spiro atoms. The van der Waals surface area contributed by atoms with Crippen LogP contribution >= 0.6 is 0 Å². The third kappa shape index (κ3) is 0.706. The average molecular weight is 150 g/mol. The van der Waals surface area contributed by atoms with Crippen molar-refractivity contribution in [3.63, 3.8) is 0 Å². The number of aromatic nitrogens is 3. The molecule has 5 nitrogen and oxygen atoms in total. The second-order valence-electron chi connectivity index (χ2n) is 2.16. The van der Waals surface area contributed by atoms with Crippen molar-refractivity contribution in [1.29, 1.82) is 0 Å². The minimum absolute atomic E-state index is 0.366. The summed E-state index contributed by atoms with van der Waals surface area (Å²) in [5.74, 6) is -0.486. The van der Waals surface area contributed by atoms with E-state index in [0.717, 1.165) is 0 Å². The molecule has 11 heavy (non-hydrogen) atoms. The molecule has 2 aromatic rings. The highest BCUT2D eigenvalue weighted by Crippen LogP contribution is 2.02. The highest BCUT2D eigenvalue weighted by Gasteiger charge is 2.07. The minimum Gasteiger partial charge on any atom is -0.364 e. The molecule has 0 bridgehead atoms. The summed E-state index contributed by atoms with van der Waals surface area (Å²) < 4.78 is 1.53. The number of aromatic amines is 1. The zero-order valence-electron chi connectivity index (χ0n) is 5.61. The Labute approximate surface area is 61.8 Å². The Balaban J connectivity index is 2.78. The molecular weight excluding hydrogens is 144 g/mol. The monoisotopic (exact) mass is 150 g/mol. The molecule has 5 heteroatoms. The molecule has 0 radical (unpaired) electrons. The van der Waals surface area contributed by atoms with E-state index in [2.05, 4.69) is 10.1 Å². The molecule has 0 aliphatic heterocycles. The normalized spacial score (nSPS) is 10.5. The second kappa shape index (κ2) is 1.85. The number of carbonyl (C=O) groups excluding carboxylic acids is 1. The molecule has 2 aromatic heterocycles. The summed E-state index contributed by atoms with van der Waals surface area (Å²) in [5, 5.41) is 2.80. The van der Waals surface area contributed by atoms with Gasteiger partial charge in [0.05, 0.1) is 6.20 Å². The number of nitrogens with one attached hydrogen (secondary N) is 1. The minimum atomic E-state index is -0.486. The van der Waals surface area contributed by atoms with E-state index >= 15 is 0 Å². The number of imidazole rings is 1. The number of hydrogen-bond acceptors (Lipinski definition) is 2. The van der Waals surface area contributed by atoms with E-state index in [9.17, 15) is 4.79 Å². The number of nitrogens with zero attached hydrogens (tertiary/aromatic N) is 2. The van der Waals surface area contributed by atoms with Crippen LogP contribution in [0.1, 0.15) is 10.5 Å². The SMILES string of the molecule is NC(=O)c1cnc2cc[nH]n12. The van der Waals surface area contributed by atoms with Crippen molar-refractivity contribution in [2.45, 2.75) is 0 Å². The largest absolute Gasteiger partial charge is 0.364 e. The van der Waals surface area contributed by atoms with E-state index < -0.39 is 5.91 Å². The first-order chi connectivity index (χ1) is 5.29. The van der Waals surface area contributed by atoms with Gasteiger partial charge in [-0.05, 0) is 0 Å². The first kappa shape index (κ1) is 5.96. The number of hydrogen-bond donors (Lipinski definition) is 2. The number of primary amides is 1. The Bertz CT molecular complexity index is 399. The van der Waals surface area contributed by atoms with Crippen LogP contribution in [0.25, 0.3) is 5.65 Å². The van der Waals surface area contributed by atoms with Crippen molar-refractivity contribution in [2.24, 2.45) is 5.73 Å². The van der Waals surface area contributed by atoms with Gasteiger partial charge in [0.1, 0.15) is 5.69 Å². The Morgan fingerprint density at radius 1 is 1.73 bits per heavy atom. The van der Waals surface area contributed by atoms with Crippen molar-refractivity contribution < 1.29 is 4.79 Å². The van der Waals surface area contributed by atoms with Crippen molar-refractivity contribution in [1.82, 2.24) is 14.6 Å². The number of rotatable bonds is 1. The van der Waals surface area contributed by atoms with Gasteiger partial charge >= 0.3 is 0 Å². The molecule has 56 valence electrons. The standard InChI is InChI=1S/C6H6N4O/c7-6(11)4-3-8-5-1-2-9-10(4)5/h1-3,9H,(H2,7,11). The molecule has 0 saturated heterocycles. The van der Waals surface area contributed by atoms with Crippen molar-refractivity contribution in [3.05, 3.63) is 24.2 Å². The first-order valence-corrected chi connectivity index (χ1v) is 3.09. The molecule has 2 heterocycles. The lowest BCUT2D eigenvalue weighted by Gasteiger charge is -1.89. The van der Waals surface area contributed by atoms with E-state index in [1.807, 2.05) is 0 Å². The third-order valence-electron chi connectivity index (χ3n) is 1.48. The van der Waals surface area contributed by atoms with E-state index in [0.29, 0.717) is 11.3 Å². The van der Waals surface area contributed by atoms with Gasteiger partial charge in [0.25, 0.3) is 5.91 Å². The summed E-state index contributed by atoms with van der Waals surface area (Å²) in [4.78, 5) is 14.6. The van der Waals surface area contributed by atoms with E-state index in [4.69, 9.17) is 5.73 Å².